The van der Waals surface area contributed by atoms with Gasteiger partial charge in [-0.3, -0.25) is 4.79 Å². The van der Waals surface area contributed by atoms with Gasteiger partial charge in [-0.1, -0.05) is 6.07 Å². The SMILES string of the molecule is COc1ccc(C2C=NN=N2)cc1C(N)=O. The number of nitrogens with zero attached hydrogens (tertiary/aromatic N) is 3. The van der Waals surface area contributed by atoms with Crippen molar-refractivity contribution in [3.05, 3.63) is 29.3 Å². The predicted octanol–water partition coefficient (Wildman–Crippen LogP) is 1.29. The Hall–Kier alpha value is -2.24. The number of hydrogen-bond acceptors (Lipinski definition) is 5. The van der Waals surface area contributed by atoms with Crippen LogP contribution in [0.3, 0.4) is 0 Å². The van der Waals surface area contributed by atoms with E-state index >= 15 is 0 Å². The Kier molecular flexibility index (Phi) is 2.63. The van der Waals surface area contributed by atoms with Gasteiger partial charge >= 0.3 is 0 Å². The van der Waals surface area contributed by atoms with Crippen molar-refractivity contribution in [2.75, 3.05) is 7.11 Å². The van der Waals surface area contributed by atoms with Crippen LogP contribution in [0.5, 0.6) is 5.75 Å². The molecule has 6 nitrogen and oxygen atoms in total. The third kappa shape index (κ3) is 1.77. The number of primary amides is 1. The van der Waals surface area contributed by atoms with E-state index in [1.807, 2.05) is 0 Å². The lowest BCUT2D eigenvalue weighted by Crippen LogP contribution is -2.13. The maximum Gasteiger partial charge on any atom is 0.252 e. The van der Waals surface area contributed by atoms with Gasteiger partial charge in [0.25, 0.3) is 5.91 Å². The number of rotatable bonds is 3. The van der Waals surface area contributed by atoms with Crippen molar-refractivity contribution in [2.24, 2.45) is 21.2 Å². The van der Waals surface area contributed by atoms with Crippen molar-refractivity contribution < 1.29 is 9.53 Å². The Morgan fingerprint density at radius 2 is 2.31 bits per heavy atom. The molecule has 1 aliphatic rings. The summed E-state index contributed by atoms with van der Waals surface area (Å²) in [5.74, 6) is -0.0892. The van der Waals surface area contributed by atoms with Gasteiger partial charge in [0.2, 0.25) is 0 Å². The van der Waals surface area contributed by atoms with Crippen molar-refractivity contribution in [1.82, 2.24) is 0 Å². The van der Waals surface area contributed by atoms with E-state index in [-0.39, 0.29) is 6.04 Å². The molecule has 1 unspecified atom stereocenters. The van der Waals surface area contributed by atoms with Crippen molar-refractivity contribution in [2.45, 2.75) is 6.04 Å². The monoisotopic (exact) mass is 218 g/mol. The number of benzene rings is 1. The molecule has 6 heteroatoms. The minimum absolute atomic E-state index is 0.246. The molecule has 0 aromatic heterocycles. The van der Waals surface area contributed by atoms with E-state index in [1.165, 1.54) is 7.11 Å². The van der Waals surface area contributed by atoms with E-state index in [4.69, 9.17) is 10.5 Å². The molecule has 1 aromatic carbocycles. The van der Waals surface area contributed by atoms with Crippen LogP contribution in [0, 0.1) is 0 Å². The van der Waals surface area contributed by atoms with Gasteiger partial charge in [-0.2, -0.15) is 5.11 Å². The van der Waals surface area contributed by atoms with Crippen molar-refractivity contribution in [3.63, 3.8) is 0 Å². The first-order chi connectivity index (χ1) is 7.72. The molecule has 82 valence electrons. The molecule has 0 radical (unpaired) electrons. The second-order valence-electron chi connectivity index (χ2n) is 3.24. The third-order valence-corrected chi connectivity index (χ3v) is 2.27. The van der Waals surface area contributed by atoms with E-state index in [1.54, 1.807) is 24.4 Å². The third-order valence-electron chi connectivity index (χ3n) is 2.27. The van der Waals surface area contributed by atoms with Crippen LogP contribution in [0.2, 0.25) is 0 Å². The molecular formula is C10H10N4O2. The molecule has 0 saturated carbocycles. The standard InChI is InChI=1S/C10H10N4O2/c1-16-9-3-2-6(4-7(9)10(11)15)8-5-12-14-13-8/h2-5,8H,1H3,(H2,11,15). The number of nitrogens with two attached hydrogens (primary N) is 1. The normalized spacial score (nSPS) is 17.7. The highest BCUT2D eigenvalue weighted by Gasteiger charge is 2.16. The molecule has 1 heterocycles. The first kappa shape index (κ1) is 10.3. The summed E-state index contributed by atoms with van der Waals surface area (Å²) in [4.78, 5) is 11.2. The topological polar surface area (TPSA) is 89.4 Å². The van der Waals surface area contributed by atoms with Crippen molar-refractivity contribution in [1.29, 1.82) is 0 Å². The lowest BCUT2D eigenvalue weighted by Gasteiger charge is -2.08. The maximum absolute atomic E-state index is 11.2. The number of methoxy groups -OCH3 is 1. The lowest BCUT2D eigenvalue weighted by atomic mass is 10.0. The summed E-state index contributed by atoms with van der Waals surface area (Å²) in [6, 6.07) is 4.87. The zero-order chi connectivity index (χ0) is 11.5. The summed E-state index contributed by atoms with van der Waals surface area (Å²) in [7, 11) is 1.48. The molecule has 2 N–H and O–H groups in total. The van der Waals surface area contributed by atoms with E-state index in [0.29, 0.717) is 11.3 Å². The molecule has 16 heavy (non-hydrogen) atoms. The van der Waals surface area contributed by atoms with Gasteiger partial charge in [-0.05, 0) is 22.9 Å². The Labute approximate surface area is 91.8 Å². The average Bonchev–Trinajstić information content (AvgIpc) is 2.81. The molecule has 2 rings (SSSR count). The first-order valence-electron chi connectivity index (χ1n) is 4.63. The summed E-state index contributed by atoms with van der Waals surface area (Å²) in [6.07, 6.45) is 1.59. The van der Waals surface area contributed by atoms with Gasteiger partial charge in [0.15, 0.2) is 0 Å². The fourth-order valence-electron chi connectivity index (χ4n) is 1.46. The van der Waals surface area contributed by atoms with Crippen molar-refractivity contribution in [3.8, 4) is 5.75 Å². The summed E-state index contributed by atoms with van der Waals surface area (Å²) < 4.78 is 5.04. The Morgan fingerprint density at radius 3 is 2.88 bits per heavy atom. The fourth-order valence-corrected chi connectivity index (χ4v) is 1.46. The van der Waals surface area contributed by atoms with Crippen LogP contribution in [-0.2, 0) is 0 Å². The average molecular weight is 218 g/mol. The quantitative estimate of drug-likeness (QED) is 0.828. The van der Waals surface area contributed by atoms with E-state index < -0.39 is 5.91 Å². The summed E-state index contributed by atoms with van der Waals surface area (Å²) in [5, 5.41) is 11.0. The van der Waals surface area contributed by atoms with E-state index in [9.17, 15) is 4.79 Å². The number of ether oxygens (including phenoxy) is 1. The van der Waals surface area contributed by atoms with Gasteiger partial charge in [0.05, 0.1) is 18.9 Å². The molecule has 0 bridgehead atoms. The molecule has 1 aromatic rings. The van der Waals surface area contributed by atoms with Crippen LogP contribution in [-0.4, -0.2) is 19.2 Å². The minimum Gasteiger partial charge on any atom is -0.496 e. The summed E-state index contributed by atoms with van der Waals surface area (Å²) >= 11 is 0. The molecule has 0 spiro atoms. The molecule has 1 atom stereocenters. The van der Waals surface area contributed by atoms with Crippen LogP contribution in [0.1, 0.15) is 22.0 Å². The Balaban J connectivity index is 2.42. The lowest BCUT2D eigenvalue weighted by molar-refractivity contribution is 0.0997. The molecule has 1 aliphatic heterocycles. The number of carbonyl (C=O) groups excluding carboxylic acids is 1. The zero-order valence-electron chi connectivity index (χ0n) is 8.62. The second-order valence-corrected chi connectivity index (χ2v) is 3.24. The molecular weight excluding hydrogens is 208 g/mol. The highest BCUT2D eigenvalue weighted by atomic mass is 16.5. The van der Waals surface area contributed by atoms with E-state index in [0.717, 1.165) is 5.56 Å². The Bertz CT molecular complexity index is 470. The second kappa shape index (κ2) is 4.09. The molecule has 0 fully saturated rings. The summed E-state index contributed by atoms with van der Waals surface area (Å²) in [5.41, 5.74) is 6.39. The zero-order valence-corrected chi connectivity index (χ0v) is 8.62. The van der Waals surface area contributed by atoms with Gasteiger partial charge in [-0.15, -0.1) is 5.10 Å². The van der Waals surface area contributed by atoms with Gasteiger partial charge in [0, 0.05) is 0 Å². The highest BCUT2D eigenvalue weighted by Crippen LogP contribution is 2.25. The molecule has 1 amide bonds. The van der Waals surface area contributed by atoms with Gasteiger partial charge in [-0.25, -0.2) is 0 Å². The van der Waals surface area contributed by atoms with Crippen LogP contribution in [0.15, 0.2) is 33.6 Å². The summed E-state index contributed by atoms with van der Waals surface area (Å²) in [6.45, 7) is 0. The largest absolute Gasteiger partial charge is 0.496 e. The maximum atomic E-state index is 11.2. The van der Waals surface area contributed by atoms with Crippen LogP contribution in [0.25, 0.3) is 0 Å². The van der Waals surface area contributed by atoms with Gasteiger partial charge in [0.1, 0.15) is 11.8 Å². The number of carbonyl (C=O) groups is 1. The predicted molar refractivity (Wildman–Crippen MR) is 57.6 cm³/mol. The van der Waals surface area contributed by atoms with E-state index in [2.05, 4.69) is 15.4 Å². The number of amides is 1. The van der Waals surface area contributed by atoms with Crippen LogP contribution in [0.4, 0.5) is 0 Å². The highest BCUT2D eigenvalue weighted by molar-refractivity contribution is 5.96. The van der Waals surface area contributed by atoms with Crippen LogP contribution < -0.4 is 10.5 Å². The first-order valence-corrected chi connectivity index (χ1v) is 4.63. The smallest absolute Gasteiger partial charge is 0.252 e. The Morgan fingerprint density at radius 1 is 1.50 bits per heavy atom. The minimum atomic E-state index is -0.537. The van der Waals surface area contributed by atoms with Gasteiger partial charge < -0.3 is 10.5 Å². The number of hydrogen-bond donors (Lipinski definition) is 1. The molecule has 0 saturated heterocycles. The fraction of sp³-hybridized carbons (Fsp3) is 0.200. The molecule has 0 aliphatic carbocycles. The van der Waals surface area contributed by atoms with Crippen molar-refractivity contribution >= 4 is 12.1 Å². The van der Waals surface area contributed by atoms with Crippen LogP contribution >= 0.6 is 0 Å².